The Kier molecular flexibility index (Phi) is 7.74. The minimum absolute atomic E-state index is 0.00922. The van der Waals surface area contributed by atoms with Crippen LogP contribution in [0.5, 0.6) is 0 Å². The third-order valence-corrected chi connectivity index (χ3v) is 5.19. The van der Waals surface area contributed by atoms with E-state index in [1.54, 1.807) is 12.1 Å². The van der Waals surface area contributed by atoms with E-state index in [0.29, 0.717) is 30.3 Å². The molecule has 26 heavy (non-hydrogen) atoms. The van der Waals surface area contributed by atoms with Crippen LogP contribution in [0.1, 0.15) is 50.7 Å². The summed E-state index contributed by atoms with van der Waals surface area (Å²) in [5, 5.41) is 30.7. The molecule has 0 bridgehead atoms. The van der Waals surface area contributed by atoms with E-state index < -0.39 is 7.12 Å². The number of benzene rings is 1. The predicted octanol–water partition coefficient (Wildman–Crippen LogP) is 1.03. The first-order valence-corrected chi connectivity index (χ1v) is 9.51. The van der Waals surface area contributed by atoms with E-state index in [1.807, 2.05) is 6.07 Å². The Hall–Kier alpha value is -1.30. The molecule has 0 aliphatic heterocycles. The fourth-order valence-electron chi connectivity index (χ4n) is 3.14. The zero-order valence-corrected chi connectivity index (χ0v) is 15.9. The smallest absolute Gasteiger partial charge is 0.423 e. The van der Waals surface area contributed by atoms with Gasteiger partial charge in [-0.05, 0) is 41.3 Å². The third-order valence-electron chi connectivity index (χ3n) is 5.19. The van der Waals surface area contributed by atoms with Crippen molar-refractivity contribution in [1.29, 1.82) is 0 Å². The van der Waals surface area contributed by atoms with E-state index in [4.69, 9.17) is 5.11 Å². The molecule has 1 aromatic rings. The van der Waals surface area contributed by atoms with E-state index in [-0.39, 0.29) is 18.3 Å². The largest absolute Gasteiger partial charge is 0.488 e. The number of aliphatic hydroxyl groups excluding tert-OH is 1. The summed E-state index contributed by atoms with van der Waals surface area (Å²) in [6.07, 6.45) is 5.83. The maximum Gasteiger partial charge on any atom is 0.488 e. The van der Waals surface area contributed by atoms with Crippen molar-refractivity contribution >= 4 is 25.8 Å². The van der Waals surface area contributed by atoms with Gasteiger partial charge in [-0.15, -0.1) is 0 Å². The number of aliphatic hydroxyl groups is 1. The molecule has 1 fully saturated rings. The van der Waals surface area contributed by atoms with Crippen molar-refractivity contribution in [3.05, 3.63) is 29.3 Å². The van der Waals surface area contributed by atoms with E-state index in [2.05, 4.69) is 26.4 Å². The minimum Gasteiger partial charge on any atom is -0.423 e. The summed E-state index contributed by atoms with van der Waals surface area (Å²) in [6.45, 7) is 4.71. The number of amides is 1. The molecule has 0 spiro atoms. The lowest BCUT2D eigenvalue weighted by atomic mass is 9.59. The van der Waals surface area contributed by atoms with Crippen molar-refractivity contribution in [2.45, 2.75) is 64.6 Å². The lowest BCUT2D eigenvalue weighted by Crippen LogP contribution is -2.31. The fourth-order valence-corrected chi connectivity index (χ4v) is 3.14. The average molecular weight is 358 g/mol. The van der Waals surface area contributed by atoms with Gasteiger partial charge in [-0.1, -0.05) is 50.6 Å². The fraction of sp³-hybridized carbons (Fsp3) is 0.632. The van der Waals surface area contributed by atoms with Gasteiger partial charge in [-0.2, -0.15) is 0 Å². The highest BCUT2D eigenvalue weighted by Crippen LogP contribution is 2.49. The predicted molar refractivity (Wildman–Crippen MR) is 105 cm³/mol. The Labute approximate surface area is 157 Å². The highest BCUT2D eigenvalue weighted by molar-refractivity contribution is 6.58. The number of nitrogens with one attached hydrogen (secondary N) is 1. The molecule has 0 saturated heterocycles. The van der Waals surface area contributed by atoms with Crippen LogP contribution in [0.15, 0.2) is 18.2 Å². The van der Waals surface area contributed by atoms with Crippen LogP contribution >= 0.6 is 0 Å². The van der Waals surface area contributed by atoms with Crippen LogP contribution in [0, 0.1) is 5.41 Å². The van der Waals surface area contributed by atoms with Crippen molar-refractivity contribution in [2.24, 2.45) is 5.41 Å². The summed E-state index contributed by atoms with van der Waals surface area (Å²) in [6, 6.07) is 5.19. The molecule has 4 N–H and O–H groups in total. The van der Waals surface area contributed by atoms with E-state index in [1.165, 1.54) is 19.3 Å². The number of carbonyl (C=O) groups excluding carboxylic acids is 1. The van der Waals surface area contributed by atoms with Gasteiger partial charge in [0.2, 0.25) is 5.91 Å². The van der Waals surface area contributed by atoms with Gasteiger partial charge in [0.1, 0.15) is 7.28 Å². The maximum absolute atomic E-state index is 12.2. The lowest BCUT2D eigenvalue weighted by molar-refractivity contribution is -0.121. The molecule has 1 amide bonds. The molecule has 0 heterocycles. The minimum atomic E-state index is -1.56. The molecule has 1 aromatic carbocycles. The van der Waals surface area contributed by atoms with Crippen LogP contribution in [0.4, 0.5) is 0 Å². The van der Waals surface area contributed by atoms with Gasteiger partial charge in [0.25, 0.3) is 0 Å². The lowest BCUT2D eigenvalue weighted by Gasteiger charge is -2.13. The second-order valence-electron chi connectivity index (χ2n) is 7.97. The Morgan fingerprint density at radius 1 is 1.31 bits per heavy atom. The standard InChI is InChI=1S/C19H30B2NO4/c1-14(20-7-6-19(2)4-5-19)9-18(24)22-13-16-10-15(3-8-23)11-17(12-16)21(25)26/h10-12,14,23,25-26H,3-9,13H2,1-2H3,(H,22,24). The Bertz CT molecular complexity index is 605. The summed E-state index contributed by atoms with van der Waals surface area (Å²) in [7, 11) is 0.677. The molecule has 2 rings (SSSR count). The molecule has 0 aromatic heterocycles. The van der Waals surface area contributed by atoms with Gasteiger partial charge >= 0.3 is 7.12 Å². The van der Waals surface area contributed by atoms with Crippen LogP contribution in [0.25, 0.3) is 0 Å². The normalized spacial score (nSPS) is 16.0. The van der Waals surface area contributed by atoms with Crippen molar-refractivity contribution in [3.8, 4) is 0 Å². The number of hydrogen-bond acceptors (Lipinski definition) is 4. The molecule has 1 radical (unpaired) electrons. The molecule has 1 atom stereocenters. The molecular formula is C19H30B2NO4. The number of rotatable bonds is 11. The first-order chi connectivity index (χ1) is 12.3. The molecule has 7 heteroatoms. The Morgan fingerprint density at radius 2 is 2.00 bits per heavy atom. The molecule has 141 valence electrons. The van der Waals surface area contributed by atoms with Crippen molar-refractivity contribution in [2.75, 3.05) is 6.61 Å². The van der Waals surface area contributed by atoms with Crippen LogP contribution in [-0.2, 0) is 17.8 Å². The van der Waals surface area contributed by atoms with Crippen molar-refractivity contribution in [3.63, 3.8) is 0 Å². The van der Waals surface area contributed by atoms with Crippen molar-refractivity contribution < 1.29 is 19.9 Å². The van der Waals surface area contributed by atoms with Gasteiger partial charge in [0, 0.05) is 19.6 Å². The van der Waals surface area contributed by atoms with Crippen LogP contribution in [-0.4, -0.2) is 42.1 Å². The second kappa shape index (κ2) is 9.58. The van der Waals surface area contributed by atoms with Crippen LogP contribution < -0.4 is 10.8 Å². The highest BCUT2D eigenvalue weighted by Gasteiger charge is 2.36. The maximum atomic E-state index is 12.2. The first-order valence-electron chi connectivity index (χ1n) is 9.51. The first kappa shape index (κ1) is 21.0. The van der Waals surface area contributed by atoms with Gasteiger partial charge in [0.15, 0.2) is 0 Å². The summed E-state index contributed by atoms with van der Waals surface area (Å²) >= 11 is 0. The van der Waals surface area contributed by atoms with E-state index in [9.17, 15) is 14.8 Å². The molecule has 1 saturated carbocycles. The second-order valence-corrected chi connectivity index (χ2v) is 7.97. The Balaban J connectivity index is 1.78. The topological polar surface area (TPSA) is 89.8 Å². The van der Waals surface area contributed by atoms with Crippen LogP contribution in [0.3, 0.4) is 0 Å². The third kappa shape index (κ3) is 7.14. The van der Waals surface area contributed by atoms with Gasteiger partial charge in [0.05, 0.1) is 0 Å². The number of carbonyl (C=O) groups is 1. The van der Waals surface area contributed by atoms with Gasteiger partial charge < -0.3 is 20.5 Å². The molecule has 1 aliphatic rings. The zero-order chi connectivity index (χ0) is 19.2. The van der Waals surface area contributed by atoms with E-state index >= 15 is 0 Å². The monoisotopic (exact) mass is 358 g/mol. The SMILES string of the molecule is CC([B]CCC1(C)CC1)CC(=O)NCc1cc(CCO)cc(B(O)O)c1. The zero-order valence-electron chi connectivity index (χ0n) is 15.9. The molecule has 1 unspecified atom stereocenters. The van der Waals surface area contributed by atoms with Crippen molar-refractivity contribution in [1.82, 2.24) is 5.32 Å². The van der Waals surface area contributed by atoms with E-state index in [0.717, 1.165) is 17.4 Å². The molecule has 1 aliphatic carbocycles. The Morgan fingerprint density at radius 3 is 2.62 bits per heavy atom. The summed E-state index contributed by atoms with van der Waals surface area (Å²) in [5.41, 5.74) is 2.53. The summed E-state index contributed by atoms with van der Waals surface area (Å²) in [5.74, 6) is 0.234. The summed E-state index contributed by atoms with van der Waals surface area (Å²) in [4.78, 5) is 12.2. The van der Waals surface area contributed by atoms with Gasteiger partial charge in [-0.3, -0.25) is 4.79 Å². The van der Waals surface area contributed by atoms with Gasteiger partial charge in [-0.25, -0.2) is 0 Å². The summed E-state index contributed by atoms with van der Waals surface area (Å²) < 4.78 is 0. The molecule has 5 nitrogen and oxygen atoms in total. The van der Waals surface area contributed by atoms with Crippen LogP contribution in [0.2, 0.25) is 12.1 Å². The number of hydrogen-bond donors (Lipinski definition) is 4. The highest BCUT2D eigenvalue weighted by atomic mass is 16.4. The molecular weight excluding hydrogens is 328 g/mol. The quantitative estimate of drug-likeness (QED) is 0.445. The average Bonchev–Trinajstić information content (AvgIpc) is 3.30.